The van der Waals surface area contributed by atoms with Crippen molar-refractivity contribution in [1.82, 2.24) is 0 Å². The Labute approximate surface area is 120 Å². The monoisotopic (exact) mass is 284 g/mol. The van der Waals surface area contributed by atoms with Crippen LogP contribution in [0.3, 0.4) is 0 Å². The lowest BCUT2D eigenvalue weighted by atomic mass is 10.1. The summed E-state index contributed by atoms with van der Waals surface area (Å²) in [6, 6.07) is 3.06. The molecule has 0 saturated heterocycles. The number of hydrogen-bond donors (Lipinski definition) is 0. The van der Waals surface area contributed by atoms with Crippen molar-refractivity contribution in [2.24, 2.45) is 0 Å². The Morgan fingerprint density at radius 2 is 0.611 bits per heavy atom. The Kier molecular flexibility index (Phi) is 14.2. The molecule has 0 aliphatic rings. The topological polar surface area (TPSA) is 0 Å². The van der Waals surface area contributed by atoms with Gasteiger partial charge in [0.2, 0.25) is 0 Å². The van der Waals surface area contributed by atoms with E-state index in [2.05, 4.69) is 26.2 Å². The van der Waals surface area contributed by atoms with Gasteiger partial charge in [0.05, 0.1) is 0 Å². The second kappa shape index (κ2) is 13.9. The molecule has 0 nitrogen and oxygen atoms in total. The van der Waals surface area contributed by atoms with Crippen molar-refractivity contribution in [1.29, 1.82) is 0 Å². The summed E-state index contributed by atoms with van der Waals surface area (Å²) < 4.78 is 0. The molecule has 0 unspecified atom stereocenters. The second-order valence-corrected chi connectivity index (χ2v) is 12.3. The van der Waals surface area contributed by atoms with Crippen molar-refractivity contribution in [3.05, 3.63) is 0 Å². The summed E-state index contributed by atoms with van der Waals surface area (Å²) in [6.45, 7) is 9.75. The molecule has 0 aromatic heterocycles. The Bertz CT molecular complexity index is 137. The SMILES string of the molecule is C[Si](C)CCCCCCCCCCCC[Si](C)C. The number of unbranched alkanes of at least 4 members (excludes halogenated alkanes) is 9. The summed E-state index contributed by atoms with van der Waals surface area (Å²) in [4.78, 5) is 0. The molecule has 0 N–H and O–H groups in total. The van der Waals surface area contributed by atoms with Gasteiger partial charge in [-0.05, 0) is 0 Å². The van der Waals surface area contributed by atoms with Gasteiger partial charge in [-0.25, -0.2) is 0 Å². The molecule has 2 radical (unpaired) electrons. The van der Waals surface area contributed by atoms with Crippen molar-refractivity contribution in [2.45, 2.75) is 102 Å². The van der Waals surface area contributed by atoms with E-state index in [4.69, 9.17) is 0 Å². The predicted molar refractivity (Wildman–Crippen MR) is 90.7 cm³/mol. The largest absolute Gasteiger partial charge is 0.0713 e. The van der Waals surface area contributed by atoms with Crippen LogP contribution in [0.4, 0.5) is 0 Å². The third-order valence-electron chi connectivity index (χ3n) is 3.60. The molecule has 0 fully saturated rings. The average Bonchev–Trinajstić information content (AvgIpc) is 2.29. The van der Waals surface area contributed by atoms with Crippen LogP contribution in [0.25, 0.3) is 0 Å². The van der Waals surface area contributed by atoms with Crippen LogP contribution in [-0.4, -0.2) is 17.6 Å². The summed E-state index contributed by atoms with van der Waals surface area (Å²) >= 11 is 0. The van der Waals surface area contributed by atoms with Crippen LogP contribution in [0.15, 0.2) is 0 Å². The lowest BCUT2D eigenvalue weighted by Crippen LogP contribution is -1.97. The van der Waals surface area contributed by atoms with Crippen LogP contribution in [0.2, 0.25) is 38.3 Å². The van der Waals surface area contributed by atoms with Crippen LogP contribution < -0.4 is 0 Å². The first-order chi connectivity index (χ1) is 8.63. The summed E-state index contributed by atoms with van der Waals surface area (Å²) in [5, 5.41) is 0. The van der Waals surface area contributed by atoms with E-state index in [-0.39, 0.29) is 17.6 Å². The van der Waals surface area contributed by atoms with Gasteiger partial charge in [-0.15, -0.1) is 0 Å². The summed E-state index contributed by atoms with van der Waals surface area (Å²) in [6.07, 6.45) is 14.9. The fourth-order valence-corrected chi connectivity index (χ4v) is 4.29. The van der Waals surface area contributed by atoms with Crippen LogP contribution in [0, 0.1) is 0 Å². The number of rotatable bonds is 13. The molecule has 0 aliphatic heterocycles. The summed E-state index contributed by atoms with van der Waals surface area (Å²) in [5.74, 6) is 0. The molecule has 0 heterocycles. The Morgan fingerprint density at radius 1 is 0.389 bits per heavy atom. The zero-order valence-electron chi connectivity index (χ0n) is 13.5. The highest BCUT2D eigenvalue weighted by Crippen LogP contribution is 2.13. The molecule has 0 saturated carbocycles. The number of hydrogen-bond acceptors (Lipinski definition) is 0. The van der Waals surface area contributed by atoms with Gasteiger partial charge in [-0.2, -0.15) is 0 Å². The molecular formula is C16H36Si2. The van der Waals surface area contributed by atoms with Gasteiger partial charge in [-0.1, -0.05) is 102 Å². The Balaban J connectivity index is 2.95. The first kappa shape index (κ1) is 18.4. The third kappa shape index (κ3) is 16.4. The maximum absolute atomic E-state index is 2.44. The lowest BCUT2D eigenvalue weighted by molar-refractivity contribution is 0.561. The highest BCUT2D eigenvalue weighted by atomic mass is 28.3. The van der Waals surface area contributed by atoms with E-state index in [0.717, 1.165) is 0 Å². The minimum Gasteiger partial charge on any atom is -0.0713 e. The zero-order valence-corrected chi connectivity index (χ0v) is 15.5. The third-order valence-corrected chi connectivity index (χ3v) is 6.31. The van der Waals surface area contributed by atoms with Gasteiger partial charge in [0.15, 0.2) is 0 Å². The standard InChI is InChI=1S/C16H36Si2/c1-17(2)15-13-11-9-7-5-6-8-10-12-14-16-18(3)4/h5-16H2,1-4H3. The average molecular weight is 285 g/mol. The molecule has 0 aromatic carbocycles. The molecule has 2 heteroatoms. The smallest absolute Gasteiger partial charge is 0.0412 e. The molecule has 18 heavy (non-hydrogen) atoms. The first-order valence-electron chi connectivity index (χ1n) is 8.21. The fourth-order valence-electron chi connectivity index (χ4n) is 2.37. The van der Waals surface area contributed by atoms with Crippen molar-refractivity contribution in [3.63, 3.8) is 0 Å². The van der Waals surface area contributed by atoms with Crippen molar-refractivity contribution in [3.8, 4) is 0 Å². The van der Waals surface area contributed by atoms with E-state index in [1.54, 1.807) is 0 Å². The van der Waals surface area contributed by atoms with Crippen molar-refractivity contribution in [2.75, 3.05) is 0 Å². The Hall–Kier alpha value is 0.434. The van der Waals surface area contributed by atoms with Crippen molar-refractivity contribution < 1.29 is 0 Å². The minimum absolute atomic E-state index is 0.0516. The van der Waals surface area contributed by atoms with E-state index < -0.39 is 0 Å². The minimum atomic E-state index is 0.0516. The highest BCUT2D eigenvalue weighted by Gasteiger charge is 1.97. The van der Waals surface area contributed by atoms with E-state index in [1.807, 2.05) is 0 Å². The van der Waals surface area contributed by atoms with E-state index in [9.17, 15) is 0 Å². The van der Waals surface area contributed by atoms with Gasteiger partial charge < -0.3 is 0 Å². The molecule has 0 spiro atoms. The first-order valence-corrected chi connectivity index (χ1v) is 13.6. The fraction of sp³-hybridized carbons (Fsp3) is 1.00. The molecule has 108 valence electrons. The van der Waals surface area contributed by atoms with Crippen molar-refractivity contribution >= 4 is 17.6 Å². The van der Waals surface area contributed by atoms with Gasteiger partial charge in [0, 0.05) is 17.6 Å². The molecular weight excluding hydrogens is 248 g/mol. The van der Waals surface area contributed by atoms with Crippen LogP contribution in [0.5, 0.6) is 0 Å². The molecule has 0 rings (SSSR count). The molecule has 0 aliphatic carbocycles. The second-order valence-electron chi connectivity index (χ2n) is 6.45. The molecule has 0 bridgehead atoms. The molecule has 0 amide bonds. The lowest BCUT2D eigenvalue weighted by Gasteiger charge is -2.04. The Morgan fingerprint density at radius 3 is 0.833 bits per heavy atom. The zero-order chi connectivity index (χ0) is 13.6. The van der Waals surface area contributed by atoms with Gasteiger partial charge >= 0.3 is 0 Å². The summed E-state index contributed by atoms with van der Waals surface area (Å²) in [7, 11) is 0.103. The van der Waals surface area contributed by atoms with E-state index in [1.165, 1.54) is 76.3 Å². The van der Waals surface area contributed by atoms with E-state index >= 15 is 0 Å². The van der Waals surface area contributed by atoms with Gasteiger partial charge in [0.1, 0.15) is 0 Å². The predicted octanol–water partition coefficient (Wildman–Crippen LogP) is 6.40. The quantitative estimate of drug-likeness (QED) is 0.271. The summed E-state index contributed by atoms with van der Waals surface area (Å²) in [5.41, 5.74) is 0. The van der Waals surface area contributed by atoms with Gasteiger partial charge in [-0.3, -0.25) is 0 Å². The van der Waals surface area contributed by atoms with Crippen LogP contribution in [-0.2, 0) is 0 Å². The molecule has 0 aromatic rings. The highest BCUT2D eigenvalue weighted by molar-refractivity contribution is 6.55. The molecule has 0 atom stereocenters. The normalized spacial score (nSPS) is 11.7. The van der Waals surface area contributed by atoms with Crippen LogP contribution in [0.1, 0.15) is 64.2 Å². The van der Waals surface area contributed by atoms with E-state index in [0.29, 0.717) is 0 Å². The maximum Gasteiger partial charge on any atom is 0.0412 e. The maximum atomic E-state index is 2.44. The van der Waals surface area contributed by atoms with Crippen LogP contribution >= 0.6 is 0 Å². The van der Waals surface area contributed by atoms with Gasteiger partial charge in [0.25, 0.3) is 0 Å².